The van der Waals surface area contributed by atoms with Gasteiger partial charge in [-0.25, -0.2) is 0 Å². The first-order chi connectivity index (χ1) is 13.2. The monoisotopic (exact) mass is 360 g/mol. The molecular formula is C24H28N2O. The van der Waals surface area contributed by atoms with Gasteiger partial charge in [0.05, 0.1) is 6.61 Å². The number of rotatable bonds is 8. The van der Waals surface area contributed by atoms with Gasteiger partial charge in [0.2, 0.25) is 0 Å². The number of nitrogens with zero attached hydrogens (tertiary/aromatic N) is 1. The van der Waals surface area contributed by atoms with Gasteiger partial charge in [0.25, 0.3) is 0 Å². The molecule has 0 radical (unpaired) electrons. The van der Waals surface area contributed by atoms with Crippen molar-refractivity contribution in [1.82, 2.24) is 5.32 Å². The molecule has 3 aromatic carbocycles. The van der Waals surface area contributed by atoms with E-state index in [1.54, 1.807) is 0 Å². The topological polar surface area (TPSA) is 35.5 Å². The van der Waals surface area contributed by atoms with Crippen molar-refractivity contribution in [2.75, 3.05) is 25.1 Å². The Bertz CT molecular complexity index is 813. The number of likely N-dealkylation sites (N-methyl/N-ethyl adjacent to an activating group) is 1. The van der Waals surface area contributed by atoms with E-state index in [2.05, 4.69) is 85.0 Å². The molecule has 3 aromatic rings. The van der Waals surface area contributed by atoms with Crippen LogP contribution in [0.5, 0.6) is 0 Å². The van der Waals surface area contributed by atoms with Crippen LogP contribution < -0.4 is 10.2 Å². The second-order valence-electron chi connectivity index (χ2n) is 6.90. The molecule has 140 valence electrons. The van der Waals surface area contributed by atoms with Crippen LogP contribution in [0.15, 0.2) is 78.9 Å². The third kappa shape index (κ3) is 5.19. The molecule has 0 aliphatic heterocycles. The molecule has 0 heterocycles. The van der Waals surface area contributed by atoms with Crippen molar-refractivity contribution in [3.8, 4) is 11.1 Å². The van der Waals surface area contributed by atoms with Crippen molar-refractivity contribution in [2.45, 2.75) is 19.5 Å². The summed E-state index contributed by atoms with van der Waals surface area (Å²) in [7, 11) is 1.99. The Labute approximate surface area is 162 Å². The van der Waals surface area contributed by atoms with Gasteiger partial charge in [-0.2, -0.15) is 0 Å². The zero-order valence-electron chi connectivity index (χ0n) is 16.1. The van der Waals surface area contributed by atoms with Crippen LogP contribution in [-0.4, -0.2) is 25.3 Å². The lowest BCUT2D eigenvalue weighted by atomic mass is 10.0. The lowest BCUT2D eigenvalue weighted by Gasteiger charge is -2.19. The molecule has 0 aliphatic rings. The summed E-state index contributed by atoms with van der Waals surface area (Å²) in [5, 5.41) is 12.6. The van der Waals surface area contributed by atoms with Gasteiger partial charge in [-0.15, -0.1) is 0 Å². The quantitative estimate of drug-likeness (QED) is 0.615. The van der Waals surface area contributed by atoms with Crippen molar-refractivity contribution in [2.24, 2.45) is 0 Å². The molecule has 3 heteroatoms. The van der Waals surface area contributed by atoms with E-state index in [0.29, 0.717) is 6.54 Å². The summed E-state index contributed by atoms with van der Waals surface area (Å²) < 4.78 is 0. The molecule has 1 unspecified atom stereocenters. The van der Waals surface area contributed by atoms with Gasteiger partial charge in [-0.3, -0.25) is 0 Å². The fourth-order valence-corrected chi connectivity index (χ4v) is 3.13. The van der Waals surface area contributed by atoms with E-state index in [9.17, 15) is 0 Å². The molecular weight excluding hydrogens is 332 g/mol. The molecule has 0 bridgehead atoms. The number of hydrogen-bond acceptors (Lipinski definition) is 3. The maximum Gasteiger partial charge on any atom is 0.0606 e. The fourth-order valence-electron chi connectivity index (χ4n) is 3.13. The smallest absolute Gasteiger partial charge is 0.0606 e. The van der Waals surface area contributed by atoms with E-state index in [1.807, 2.05) is 18.0 Å². The third-order valence-electron chi connectivity index (χ3n) is 4.94. The molecule has 0 spiro atoms. The zero-order chi connectivity index (χ0) is 19.1. The van der Waals surface area contributed by atoms with Crippen LogP contribution in [0.4, 0.5) is 5.69 Å². The first-order valence-electron chi connectivity index (χ1n) is 9.47. The molecule has 3 rings (SSSR count). The highest BCUT2D eigenvalue weighted by molar-refractivity contribution is 5.63. The summed E-state index contributed by atoms with van der Waals surface area (Å²) in [6.07, 6.45) is 0. The summed E-state index contributed by atoms with van der Waals surface area (Å²) in [6.45, 7) is 3.83. The summed E-state index contributed by atoms with van der Waals surface area (Å²) in [4.78, 5) is 2.05. The Balaban J connectivity index is 1.57. The molecule has 0 aliphatic carbocycles. The lowest BCUT2D eigenvalue weighted by molar-refractivity contribution is 0.304. The van der Waals surface area contributed by atoms with Gasteiger partial charge in [0.1, 0.15) is 0 Å². The average Bonchev–Trinajstić information content (AvgIpc) is 2.73. The maximum absolute atomic E-state index is 9.04. The molecule has 3 nitrogen and oxygen atoms in total. The van der Waals surface area contributed by atoms with Crippen LogP contribution in [0.2, 0.25) is 0 Å². The SMILES string of the molecule is CC(NCc1ccc(N(C)CCO)cc1)c1ccc(-c2ccccc2)cc1. The van der Waals surface area contributed by atoms with Gasteiger partial charge in [0.15, 0.2) is 0 Å². The largest absolute Gasteiger partial charge is 0.395 e. The van der Waals surface area contributed by atoms with Crippen molar-refractivity contribution in [3.63, 3.8) is 0 Å². The van der Waals surface area contributed by atoms with Gasteiger partial charge in [0, 0.05) is 31.9 Å². The Hall–Kier alpha value is -2.62. The van der Waals surface area contributed by atoms with Crippen LogP contribution in [-0.2, 0) is 6.54 Å². The predicted octanol–water partition coefficient (Wildman–Crippen LogP) is 4.63. The lowest BCUT2D eigenvalue weighted by Crippen LogP contribution is -2.21. The minimum atomic E-state index is 0.167. The van der Waals surface area contributed by atoms with E-state index in [1.165, 1.54) is 22.3 Å². The highest BCUT2D eigenvalue weighted by Gasteiger charge is 2.06. The fraction of sp³-hybridized carbons (Fsp3) is 0.250. The summed E-state index contributed by atoms with van der Waals surface area (Å²) in [5.74, 6) is 0. The minimum Gasteiger partial charge on any atom is -0.395 e. The van der Waals surface area contributed by atoms with E-state index in [-0.39, 0.29) is 12.6 Å². The molecule has 0 amide bonds. The summed E-state index contributed by atoms with van der Waals surface area (Å²) in [5.41, 5.74) is 6.15. The number of anilines is 1. The van der Waals surface area contributed by atoms with Crippen LogP contribution in [0.3, 0.4) is 0 Å². The number of benzene rings is 3. The van der Waals surface area contributed by atoms with Gasteiger partial charge in [-0.05, 0) is 41.3 Å². The Morgan fingerprint density at radius 1 is 0.852 bits per heavy atom. The van der Waals surface area contributed by atoms with E-state index < -0.39 is 0 Å². The van der Waals surface area contributed by atoms with Crippen molar-refractivity contribution in [3.05, 3.63) is 90.0 Å². The van der Waals surface area contributed by atoms with Crippen LogP contribution in [0.1, 0.15) is 24.1 Å². The normalized spacial score (nSPS) is 12.0. The number of aliphatic hydroxyl groups is 1. The van der Waals surface area contributed by atoms with Crippen molar-refractivity contribution in [1.29, 1.82) is 0 Å². The van der Waals surface area contributed by atoms with Crippen molar-refractivity contribution >= 4 is 5.69 Å². The summed E-state index contributed by atoms with van der Waals surface area (Å²) in [6, 6.07) is 28.0. The number of aliphatic hydroxyl groups excluding tert-OH is 1. The van der Waals surface area contributed by atoms with Gasteiger partial charge in [-0.1, -0.05) is 66.7 Å². The second kappa shape index (κ2) is 9.36. The summed E-state index contributed by atoms with van der Waals surface area (Å²) >= 11 is 0. The van der Waals surface area contributed by atoms with Gasteiger partial charge < -0.3 is 15.3 Å². The standard InChI is InChI=1S/C24H28N2O/c1-19(21-10-12-23(13-11-21)22-6-4-3-5-7-22)25-18-20-8-14-24(15-9-20)26(2)16-17-27/h3-15,19,25,27H,16-18H2,1-2H3. The van der Waals surface area contributed by atoms with Crippen LogP contribution >= 0.6 is 0 Å². The predicted molar refractivity (Wildman–Crippen MR) is 114 cm³/mol. The minimum absolute atomic E-state index is 0.167. The van der Waals surface area contributed by atoms with E-state index in [0.717, 1.165) is 12.2 Å². The second-order valence-corrected chi connectivity index (χ2v) is 6.90. The Kier molecular flexibility index (Phi) is 6.64. The molecule has 0 fully saturated rings. The molecule has 0 aromatic heterocycles. The Morgan fingerprint density at radius 3 is 2.11 bits per heavy atom. The molecule has 27 heavy (non-hydrogen) atoms. The Morgan fingerprint density at radius 2 is 1.48 bits per heavy atom. The van der Waals surface area contributed by atoms with Crippen molar-refractivity contribution < 1.29 is 5.11 Å². The first kappa shape index (κ1) is 19.2. The number of hydrogen-bond donors (Lipinski definition) is 2. The van der Waals surface area contributed by atoms with Crippen LogP contribution in [0.25, 0.3) is 11.1 Å². The molecule has 0 saturated heterocycles. The van der Waals surface area contributed by atoms with E-state index >= 15 is 0 Å². The molecule has 2 N–H and O–H groups in total. The highest BCUT2D eigenvalue weighted by atomic mass is 16.3. The molecule has 0 saturated carbocycles. The zero-order valence-corrected chi connectivity index (χ0v) is 16.1. The molecule has 1 atom stereocenters. The maximum atomic E-state index is 9.04. The number of nitrogens with one attached hydrogen (secondary N) is 1. The van der Waals surface area contributed by atoms with Gasteiger partial charge >= 0.3 is 0 Å². The highest BCUT2D eigenvalue weighted by Crippen LogP contribution is 2.22. The third-order valence-corrected chi connectivity index (χ3v) is 4.94. The average molecular weight is 361 g/mol. The first-order valence-corrected chi connectivity index (χ1v) is 9.47. The van der Waals surface area contributed by atoms with E-state index in [4.69, 9.17) is 5.11 Å². The van der Waals surface area contributed by atoms with Crippen LogP contribution in [0, 0.1) is 0 Å².